The van der Waals surface area contributed by atoms with Gasteiger partial charge in [0.2, 0.25) is 5.91 Å². The van der Waals surface area contributed by atoms with Gasteiger partial charge in [-0.2, -0.15) is 0 Å². The monoisotopic (exact) mass is 328 g/mol. The van der Waals surface area contributed by atoms with Crippen molar-refractivity contribution in [3.8, 4) is 0 Å². The van der Waals surface area contributed by atoms with Crippen LogP contribution < -0.4 is 5.32 Å². The topological polar surface area (TPSA) is 52.6 Å². The largest absolute Gasteiger partial charge is 0.394 e. The van der Waals surface area contributed by atoms with Crippen molar-refractivity contribution in [1.82, 2.24) is 10.2 Å². The van der Waals surface area contributed by atoms with Crippen LogP contribution in [0.3, 0.4) is 0 Å². The highest BCUT2D eigenvalue weighted by atomic mass is 79.9. The first-order chi connectivity index (χ1) is 9.08. The summed E-state index contributed by atoms with van der Waals surface area (Å²) in [7, 11) is 1.84. The Balaban J connectivity index is 2.66. The molecule has 1 rings (SSSR count). The van der Waals surface area contributed by atoms with Gasteiger partial charge in [0.15, 0.2) is 0 Å². The third kappa shape index (κ3) is 5.30. The molecule has 106 valence electrons. The Morgan fingerprint density at radius 2 is 2.26 bits per heavy atom. The number of rotatable bonds is 7. The van der Waals surface area contributed by atoms with Crippen LogP contribution in [0.1, 0.15) is 24.9 Å². The van der Waals surface area contributed by atoms with Crippen LogP contribution in [0.5, 0.6) is 0 Å². The number of halogens is 1. The number of nitrogens with zero attached hydrogens (tertiary/aromatic N) is 1. The summed E-state index contributed by atoms with van der Waals surface area (Å²) in [6.45, 7) is 2.96. The lowest BCUT2D eigenvalue weighted by atomic mass is 10.1. The van der Waals surface area contributed by atoms with E-state index in [9.17, 15) is 9.90 Å². The van der Waals surface area contributed by atoms with Crippen LogP contribution in [-0.2, 0) is 4.79 Å². The number of carbonyl (C=O) groups excluding carboxylic acids is 1. The maximum absolute atomic E-state index is 11.7. The molecule has 2 N–H and O–H groups in total. The van der Waals surface area contributed by atoms with Crippen molar-refractivity contribution in [2.24, 2.45) is 0 Å². The number of aliphatic hydroxyl groups excluding tert-OH is 1. The van der Waals surface area contributed by atoms with Gasteiger partial charge in [0.25, 0.3) is 0 Å². The number of amides is 1. The molecule has 1 unspecified atom stereocenters. The lowest BCUT2D eigenvalue weighted by Gasteiger charge is -2.26. The summed E-state index contributed by atoms with van der Waals surface area (Å²) in [5.41, 5.74) is 0.989. The highest BCUT2D eigenvalue weighted by Crippen LogP contribution is 2.22. The number of carbonyl (C=O) groups is 1. The van der Waals surface area contributed by atoms with Crippen LogP contribution in [0.2, 0.25) is 0 Å². The molecule has 4 nitrogen and oxygen atoms in total. The zero-order valence-electron chi connectivity index (χ0n) is 11.4. The van der Waals surface area contributed by atoms with Gasteiger partial charge in [-0.25, -0.2) is 0 Å². The zero-order chi connectivity index (χ0) is 14.3. The summed E-state index contributed by atoms with van der Waals surface area (Å²) in [5, 5.41) is 12.4. The first kappa shape index (κ1) is 16.1. The molecule has 19 heavy (non-hydrogen) atoms. The molecular weight excluding hydrogens is 308 g/mol. The SMILES string of the molecule is CCCNC(=O)CN(C)C(CO)c1cccc(Br)c1. The van der Waals surface area contributed by atoms with E-state index in [1.54, 1.807) is 0 Å². The fourth-order valence-electron chi connectivity index (χ4n) is 1.87. The van der Waals surface area contributed by atoms with E-state index < -0.39 is 0 Å². The minimum Gasteiger partial charge on any atom is -0.394 e. The molecule has 1 aromatic rings. The van der Waals surface area contributed by atoms with Crippen molar-refractivity contribution in [3.05, 3.63) is 34.3 Å². The number of benzene rings is 1. The fourth-order valence-corrected chi connectivity index (χ4v) is 2.29. The average Bonchev–Trinajstić information content (AvgIpc) is 2.37. The second kappa shape index (κ2) is 8.30. The standard InChI is InChI=1S/C14H21BrN2O2/c1-3-7-16-14(19)9-17(2)13(10-18)11-5-4-6-12(15)8-11/h4-6,8,13,18H,3,7,9-10H2,1-2H3,(H,16,19). The van der Waals surface area contributed by atoms with E-state index in [1.807, 2.05) is 43.1 Å². The molecule has 0 radical (unpaired) electrons. The maximum atomic E-state index is 11.7. The summed E-state index contributed by atoms with van der Waals surface area (Å²) in [6, 6.07) is 7.59. The van der Waals surface area contributed by atoms with Gasteiger partial charge in [-0.1, -0.05) is 35.0 Å². The molecule has 1 aromatic carbocycles. The number of hydrogen-bond donors (Lipinski definition) is 2. The zero-order valence-corrected chi connectivity index (χ0v) is 13.0. The molecule has 0 aliphatic rings. The highest BCUT2D eigenvalue weighted by molar-refractivity contribution is 9.10. The van der Waals surface area contributed by atoms with Crippen molar-refractivity contribution in [1.29, 1.82) is 0 Å². The molecule has 0 aromatic heterocycles. The minimum atomic E-state index is -0.176. The molecule has 0 fully saturated rings. The van der Waals surface area contributed by atoms with Gasteiger partial charge in [-0.05, 0) is 31.2 Å². The van der Waals surface area contributed by atoms with Crippen LogP contribution >= 0.6 is 15.9 Å². The number of hydrogen-bond acceptors (Lipinski definition) is 3. The van der Waals surface area contributed by atoms with Crippen LogP contribution in [0, 0.1) is 0 Å². The number of aliphatic hydroxyl groups is 1. The smallest absolute Gasteiger partial charge is 0.234 e. The number of likely N-dealkylation sites (N-methyl/N-ethyl adjacent to an activating group) is 1. The summed E-state index contributed by atoms with van der Waals surface area (Å²) < 4.78 is 0.965. The molecule has 0 aliphatic carbocycles. The Kier molecular flexibility index (Phi) is 7.05. The van der Waals surface area contributed by atoms with Gasteiger partial charge in [-0.3, -0.25) is 9.69 Å². The van der Waals surface area contributed by atoms with Gasteiger partial charge in [0, 0.05) is 11.0 Å². The van der Waals surface area contributed by atoms with Gasteiger partial charge >= 0.3 is 0 Å². The summed E-state index contributed by atoms with van der Waals surface area (Å²) in [4.78, 5) is 13.5. The first-order valence-electron chi connectivity index (χ1n) is 6.41. The average molecular weight is 329 g/mol. The van der Waals surface area contributed by atoms with Crippen LogP contribution in [-0.4, -0.2) is 42.7 Å². The van der Waals surface area contributed by atoms with Crippen LogP contribution in [0.25, 0.3) is 0 Å². The Hall–Kier alpha value is -0.910. The molecule has 1 atom stereocenters. The molecule has 0 aliphatic heterocycles. The second-order valence-corrected chi connectivity index (χ2v) is 5.43. The van der Waals surface area contributed by atoms with Crippen LogP contribution in [0.15, 0.2) is 28.7 Å². The van der Waals surface area contributed by atoms with Gasteiger partial charge in [0.1, 0.15) is 0 Å². The van der Waals surface area contributed by atoms with Crippen molar-refractivity contribution >= 4 is 21.8 Å². The Labute approximate surface area is 122 Å². The highest BCUT2D eigenvalue weighted by Gasteiger charge is 2.18. The molecule has 0 spiro atoms. The molecule has 0 heterocycles. The van der Waals surface area contributed by atoms with E-state index in [4.69, 9.17) is 0 Å². The quantitative estimate of drug-likeness (QED) is 0.804. The van der Waals surface area contributed by atoms with E-state index in [0.29, 0.717) is 6.54 Å². The van der Waals surface area contributed by atoms with Crippen molar-refractivity contribution < 1.29 is 9.90 Å². The van der Waals surface area contributed by atoms with E-state index in [2.05, 4.69) is 21.2 Å². The molecule has 0 bridgehead atoms. The Morgan fingerprint density at radius 1 is 1.53 bits per heavy atom. The fraction of sp³-hybridized carbons (Fsp3) is 0.500. The van der Waals surface area contributed by atoms with Gasteiger partial charge in [-0.15, -0.1) is 0 Å². The predicted octanol–water partition coefficient (Wildman–Crippen LogP) is 1.94. The summed E-state index contributed by atoms with van der Waals surface area (Å²) in [6.07, 6.45) is 0.921. The third-order valence-corrected chi connectivity index (χ3v) is 3.40. The van der Waals surface area contributed by atoms with E-state index in [1.165, 1.54) is 0 Å². The van der Waals surface area contributed by atoms with Crippen molar-refractivity contribution in [3.63, 3.8) is 0 Å². The van der Waals surface area contributed by atoms with E-state index in [0.717, 1.165) is 16.5 Å². The van der Waals surface area contributed by atoms with E-state index in [-0.39, 0.29) is 25.1 Å². The number of nitrogens with one attached hydrogen (secondary N) is 1. The minimum absolute atomic E-state index is 0.0159. The Bertz CT molecular complexity index is 412. The van der Waals surface area contributed by atoms with Gasteiger partial charge in [0.05, 0.1) is 19.2 Å². The molecule has 0 saturated carbocycles. The Morgan fingerprint density at radius 3 is 2.84 bits per heavy atom. The third-order valence-electron chi connectivity index (χ3n) is 2.90. The predicted molar refractivity (Wildman–Crippen MR) is 79.9 cm³/mol. The van der Waals surface area contributed by atoms with Crippen molar-refractivity contribution in [2.75, 3.05) is 26.7 Å². The normalized spacial score (nSPS) is 12.5. The first-order valence-corrected chi connectivity index (χ1v) is 7.21. The maximum Gasteiger partial charge on any atom is 0.234 e. The molecule has 1 amide bonds. The summed E-state index contributed by atoms with van der Waals surface area (Å²) in [5.74, 6) is -0.0159. The molecule has 0 saturated heterocycles. The molecular formula is C14H21BrN2O2. The molecule has 5 heteroatoms. The summed E-state index contributed by atoms with van der Waals surface area (Å²) >= 11 is 3.41. The van der Waals surface area contributed by atoms with Crippen molar-refractivity contribution in [2.45, 2.75) is 19.4 Å². The second-order valence-electron chi connectivity index (χ2n) is 4.52. The van der Waals surface area contributed by atoms with Crippen LogP contribution in [0.4, 0.5) is 0 Å². The lowest BCUT2D eigenvalue weighted by molar-refractivity contribution is -0.122. The van der Waals surface area contributed by atoms with Gasteiger partial charge < -0.3 is 10.4 Å². The van der Waals surface area contributed by atoms with E-state index >= 15 is 0 Å². The lowest BCUT2D eigenvalue weighted by Crippen LogP contribution is -2.38.